The van der Waals surface area contributed by atoms with Crippen LogP contribution in [-0.4, -0.2) is 16.8 Å². The molecule has 21 heavy (non-hydrogen) atoms. The fraction of sp³-hybridized carbons (Fsp3) is 0.167. The van der Waals surface area contributed by atoms with Gasteiger partial charge in [0.05, 0.1) is 23.1 Å². The Morgan fingerprint density at radius 3 is 2.52 bits per heavy atom. The van der Waals surface area contributed by atoms with Gasteiger partial charge in [0.2, 0.25) is 0 Å². The molecule has 0 aliphatic heterocycles. The quantitative estimate of drug-likeness (QED) is 0.681. The van der Waals surface area contributed by atoms with Crippen molar-refractivity contribution in [3.8, 4) is 5.69 Å². The van der Waals surface area contributed by atoms with Gasteiger partial charge in [0.1, 0.15) is 5.02 Å². The van der Waals surface area contributed by atoms with E-state index in [1.54, 1.807) is 0 Å². The average molecular weight is 319 g/mol. The van der Waals surface area contributed by atoms with Crippen molar-refractivity contribution in [2.45, 2.75) is 6.18 Å². The fourth-order valence-electron chi connectivity index (χ4n) is 1.74. The molecule has 5 nitrogen and oxygen atoms in total. The lowest BCUT2D eigenvalue weighted by Crippen LogP contribution is -2.31. The molecule has 2 rings (SSSR count). The van der Waals surface area contributed by atoms with Crippen LogP contribution >= 0.6 is 11.6 Å². The number of nitrogens with zero attached hydrogens (tertiary/aromatic N) is 3. The number of anilines is 1. The minimum atomic E-state index is -4.62. The number of para-hydroxylation sites is 1. The van der Waals surface area contributed by atoms with Gasteiger partial charge in [0.15, 0.2) is 0 Å². The van der Waals surface area contributed by atoms with Gasteiger partial charge in [0.25, 0.3) is 5.56 Å². The minimum absolute atomic E-state index is 0.113. The summed E-state index contributed by atoms with van der Waals surface area (Å²) in [6, 6.07) is 4.59. The zero-order chi connectivity index (χ0) is 15.8. The first-order valence-electron chi connectivity index (χ1n) is 5.66. The molecule has 0 aliphatic carbocycles. The van der Waals surface area contributed by atoms with E-state index < -0.39 is 23.0 Å². The third kappa shape index (κ3) is 2.86. The Morgan fingerprint density at radius 1 is 1.33 bits per heavy atom. The van der Waals surface area contributed by atoms with Crippen LogP contribution in [0.4, 0.5) is 18.9 Å². The molecule has 9 heteroatoms. The van der Waals surface area contributed by atoms with E-state index in [0.717, 1.165) is 23.3 Å². The maximum atomic E-state index is 13.0. The van der Waals surface area contributed by atoms with Crippen molar-refractivity contribution in [3.63, 3.8) is 0 Å². The third-order valence-corrected chi connectivity index (χ3v) is 3.07. The Balaban J connectivity index is 2.70. The molecule has 1 aromatic carbocycles. The molecule has 1 heterocycles. The molecule has 1 aromatic heterocycles. The second kappa shape index (κ2) is 5.38. The number of rotatable bonds is 2. The van der Waals surface area contributed by atoms with Gasteiger partial charge in [-0.05, 0) is 12.1 Å². The fourth-order valence-corrected chi connectivity index (χ4v) is 2.00. The van der Waals surface area contributed by atoms with E-state index in [0.29, 0.717) is 4.68 Å². The summed E-state index contributed by atoms with van der Waals surface area (Å²) in [5, 5.41) is 4.44. The van der Waals surface area contributed by atoms with Gasteiger partial charge < -0.3 is 5.01 Å². The second-order valence-electron chi connectivity index (χ2n) is 4.19. The van der Waals surface area contributed by atoms with Crippen LogP contribution in [0.25, 0.3) is 5.69 Å². The summed E-state index contributed by atoms with van der Waals surface area (Å²) in [4.78, 5) is 12.1. The van der Waals surface area contributed by atoms with Gasteiger partial charge >= 0.3 is 6.18 Å². The van der Waals surface area contributed by atoms with Crippen molar-refractivity contribution in [2.75, 3.05) is 12.1 Å². The van der Waals surface area contributed by atoms with Crippen LogP contribution in [0.15, 0.2) is 35.3 Å². The highest BCUT2D eigenvalue weighted by Crippen LogP contribution is 2.33. The molecule has 0 spiro atoms. The zero-order valence-corrected chi connectivity index (χ0v) is 11.5. The van der Waals surface area contributed by atoms with E-state index in [1.807, 2.05) is 0 Å². The first-order valence-corrected chi connectivity index (χ1v) is 6.04. The van der Waals surface area contributed by atoms with Gasteiger partial charge in [-0.3, -0.25) is 4.79 Å². The van der Waals surface area contributed by atoms with Gasteiger partial charge in [-0.15, -0.1) is 0 Å². The molecule has 0 saturated heterocycles. The van der Waals surface area contributed by atoms with Crippen LogP contribution in [0, 0.1) is 0 Å². The summed E-state index contributed by atoms with van der Waals surface area (Å²) in [6.45, 7) is 0. The highest BCUT2D eigenvalue weighted by atomic mass is 35.5. The van der Waals surface area contributed by atoms with E-state index in [2.05, 4.69) is 5.10 Å². The number of hydrazine groups is 1. The molecule has 0 unspecified atom stereocenters. The summed E-state index contributed by atoms with van der Waals surface area (Å²) in [5.74, 6) is 5.45. The van der Waals surface area contributed by atoms with Crippen molar-refractivity contribution in [1.82, 2.24) is 9.78 Å². The molecule has 0 atom stereocenters. The lowest BCUT2D eigenvalue weighted by Gasteiger charge is -2.16. The molecular formula is C12H10ClF3N4O. The van der Waals surface area contributed by atoms with Crippen molar-refractivity contribution < 1.29 is 13.2 Å². The summed E-state index contributed by atoms with van der Waals surface area (Å²) in [5.41, 5.74) is -2.15. The highest BCUT2D eigenvalue weighted by Gasteiger charge is 2.34. The van der Waals surface area contributed by atoms with Crippen molar-refractivity contribution in [3.05, 3.63) is 51.4 Å². The molecule has 2 aromatic rings. The Labute approximate surface area is 122 Å². The van der Waals surface area contributed by atoms with Crippen LogP contribution in [0.5, 0.6) is 0 Å². The monoisotopic (exact) mass is 318 g/mol. The molecule has 0 bridgehead atoms. The zero-order valence-electron chi connectivity index (χ0n) is 10.7. The van der Waals surface area contributed by atoms with Crippen LogP contribution in [0.2, 0.25) is 5.02 Å². The first kappa shape index (κ1) is 15.3. The van der Waals surface area contributed by atoms with Crippen molar-refractivity contribution in [2.24, 2.45) is 5.84 Å². The van der Waals surface area contributed by atoms with E-state index in [-0.39, 0.29) is 10.7 Å². The van der Waals surface area contributed by atoms with E-state index in [1.165, 1.54) is 19.2 Å². The van der Waals surface area contributed by atoms with Crippen molar-refractivity contribution >= 4 is 17.3 Å². The summed E-state index contributed by atoms with van der Waals surface area (Å²) in [7, 11) is 1.43. The maximum Gasteiger partial charge on any atom is 0.418 e. The molecule has 0 fully saturated rings. The lowest BCUT2D eigenvalue weighted by atomic mass is 10.1. The van der Waals surface area contributed by atoms with Gasteiger partial charge in [-0.1, -0.05) is 23.7 Å². The normalized spacial score (nSPS) is 11.5. The number of hydrogen-bond donors (Lipinski definition) is 1. The molecule has 112 valence electrons. The number of alkyl halides is 3. The summed E-state index contributed by atoms with van der Waals surface area (Å²) >= 11 is 5.83. The van der Waals surface area contributed by atoms with Gasteiger partial charge in [-0.25, -0.2) is 5.84 Å². The smallest absolute Gasteiger partial charge is 0.311 e. The van der Waals surface area contributed by atoms with Gasteiger partial charge in [0, 0.05) is 7.05 Å². The van der Waals surface area contributed by atoms with Crippen molar-refractivity contribution in [1.29, 1.82) is 0 Å². The second-order valence-corrected chi connectivity index (χ2v) is 4.56. The van der Waals surface area contributed by atoms with Gasteiger partial charge in [-0.2, -0.15) is 23.0 Å². The van der Waals surface area contributed by atoms with E-state index in [9.17, 15) is 18.0 Å². The highest BCUT2D eigenvalue weighted by molar-refractivity contribution is 6.33. The topological polar surface area (TPSA) is 64.2 Å². The standard InChI is InChI=1S/C12H10ClF3N4O/c1-19(17)9-6-18-20(11(21)10(9)13)8-5-3-2-4-7(8)12(14,15)16/h2-6H,17H2,1H3. The Bertz CT molecular complexity index is 727. The maximum absolute atomic E-state index is 13.0. The van der Waals surface area contributed by atoms with Crippen LogP contribution in [0.1, 0.15) is 5.56 Å². The van der Waals surface area contributed by atoms with E-state index in [4.69, 9.17) is 17.4 Å². The Morgan fingerprint density at radius 2 is 1.95 bits per heavy atom. The van der Waals surface area contributed by atoms with E-state index >= 15 is 0 Å². The SMILES string of the molecule is CN(N)c1cnn(-c2ccccc2C(F)(F)F)c(=O)c1Cl. The Hall–Kier alpha value is -2.06. The van der Waals surface area contributed by atoms with Crippen LogP contribution < -0.4 is 16.4 Å². The van der Waals surface area contributed by atoms with Crippen LogP contribution in [0.3, 0.4) is 0 Å². The Kier molecular flexibility index (Phi) is 3.93. The molecule has 0 saturated carbocycles. The largest absolute Gasteiger partial charge is 0.418 e. The number of benzene rings is 1. The summed E-state index contributed by atoms with van der Waals surface area (Å²) < 4.78 is 39.5. The minimum Gasteiger partial charge on any atom is -0.311 e. The summed E-state index contributed by atoms with van der Waals surface area (Å²) in [6.07, 6.45) is -3.50. The predicted molar refractivity (Wildman–Crippen MR) is 72.4 cm³/mol. The molecule has 2 N–H and O–H groups in total. The first-order chi connectivity index (χ1) is 9.73. The lowest BCUT2D eigenvalue weighted by molar-refractivity contribution is -0.137. The number of aromatic nitrogens is 2. The number of hydrogen-bond acceptors (Lipinski definition) is 4. The molecule has 0 radical (unpaired) electrons. The number of halogens is 4. The number of nitrogens with two attached hydrogens (primary N) is 1. The predicted octanol–water partition coefficient (Wildman–Crippen LogP) is 2.21. The average Bonchev–Trinajstić information content (AvgIpc) is 2.40. The molecular weight excluding hydrogens is 309 g/mol. The van der Waals surface area contributed by atoms with Crippen LogP contribution in [-0.2, 0) is 6.18 Å². The molecule has 0 amide bonds. The third-order valence-electron chi connectivity index (χ3n) is 2.72. The molecule has 0 aliphatic rings.